The molecule has 6 nitrogen and oxygen atoms in total. The zero-order valence-electron chi connectivity index (χ0n) is 13.4. The average molecular weight is 332 g/mol. The van der Waals surface area contributed by atoms with E-state index in [-0.39, 0.29) is 18.0 Å². The fourth-order valence-corrected chi connectivity index (χ4v) is 2.65. The van der Waals surface area contributed by atoms with Crippen LogP contribution in [-0.4, -0.2) is 28.9 Å². The number of hydrogen-bond donors (Lipinski definition) is 2. The Morgan fingerprint density at radius 2 is 2.17 bits per heavy atom. The lowest BCUT2D eigenvalue weighted by Crippen LogP contribution is -2.31. The maximum atomic E-state index is 12.0. The van der Waals surface area contributed by atoms with E-state index in [0.717, 1.165) is 10.6 Å². The molecule has 2 rings (SSSR count). The van der Waals surface area contributed by atoms with Gasteiger partial charge in [-0.3, -0.25) is 4.79 Å². The van der Waals surface area contributed by atoms with Crippen LogP contribution in [0.25, 0.3) is 0 Å². The summed E-state index contributed by atoms with van der Waals surface area (Å²) in [4.78, 5) is 29.1. The molecule has 7 heteroatoms. The van der Waals surface area contributed by atoms with Crippen molar-refractivity contribution in [3.63, 3.8) is 0 Å². The van der Waals surface area contributed by atoms with Crippen molar-refractivity contribution < 1.29 is 9.59 Å². The smallest absolute Gasteiger partial charge is 0.319 e. The van der Waals surface area contributed by atoms with E-state index in [9.17, 15) is 9.59 Å². The Bertz CT molecular complexity index is 672. The second kappa shape index (κ2) is 7.73. The molecule has 1 unspecified atom stereocenters. The molecule has 1 heterocycles. The molecule has 2 N–H and O–H groups in total. The molecule has 0 aliphatic carbocycles. The monoisotopic (exact) mass is 332 g/mol. The summed E-state index contributed by atoms with van der Waals surface area (Å²) in [6.07, 6.45) is 1.71. The van der Waals surface area contributed by atoms with Gasteiger partial charge in [0, 0.05) is 37.8 Å². The Labute approximate surface area is 139 Å². The molecule has 0 fully saturated rings. The summed E-state index contributed by atoms with van der Waals surface area (Å²) in [5.74, 6) is -0.00150. The van der Waals surface area contributed by atoms with Crippen molar-refractivity contribution in [3.8, 4) is 0 Å². The minimum absolute atomic E-state index is 0.00150. The summed E-state index contributed by atoms with van der Waals surface area (Å²) < 4.78 is 0. The van der Waals surface area contributed by atoms with Crippen LogP contribution in [0.15, 0.2) is 35.8 Å². The molecular weight excluding hydrogens is 312 g/mol. The lowest BCUT2D eigenvalue weighted by atomic mass is 10.2. The molecule has 0 spiro atoms. The SMILES string of the molecule is CC(=O)N(C)Cc1cccc(NC(=O)NC(C)c2nccs2)c1. The van der Waals surface area contributed by atoms with E-state index in [4.69, 9.17) is 0 Å². The van der Waals surface area contributed by atoms with E-state index in [0.29, 0.717) is 12.2 Å². The largest absolute Gasteiger partial charge is 0.342 e. The molecule has 3 amide bonds. The zero-order valence-corrected chi connectivity index (χ0v) is 14.2. The van der Waals surface area contributed by atoms with Gasteiger partial charge in [-0.2, -0.15) is 0 Å². The maximum Gasteiger partial charge on any atom is 0.319 e. The van der Waals surface area contributed by atoms with Gasteiger partial charge in [0.05, 0.1) is 6.04 Å². The van der Waals surface area contributed by atoms with Crippen molar-refractivity contribution in [1.82, 2.24) is 15.2 Å². The van der Waals surface area contributed by atoms with E-state index < -0.39 is 0 Å². The highest BCUT2D eigenvalue weighted by atomic mass is 32.1. The van der Waals surface area contributed by atoms with Crippen LogP contribution in [0.3, 0.4) is 0 Å². The molecule has 0 aliphatic rings. The predicted molar refractivity (Wildman–Crippen MR) is 91.3 cm³/mol. The number of benzene rings is 1. The first-order valence-corrected chi connectivity index (χ1v) is 8.11. The molecule has 1 aromatic carbocycles. The van der Waals surface area contributed by atoms with Crippen LogP contribution in [0.5, 0.6) is 0 Å². The summed E-state index contributed by atoms with van der Waals surface area (Å²) in [6.45, 7) is 3.91. The van der Waals surface area contributed by atoms with Crippen LogP contribution < -0.4 is 10.6 Å². The molecule has 0 saturated heterocycles. The quantitative estimate of drug-likeness (QED) is 0.884. The molecule has 122 valence electrons. The first-order chi connectivity index (χ1) is 11.0. The van der Waals surface area contributed by atoms with Crippen molar-refractivity contribution in [2.75, 3.05) is 12.4 Å². The number of urea groups is 1. The standard InChI is InChI=1S/C16H20N4O2S/c1-11(15-17-7-8-23-15)18-16(22)19-14-6-4-5-13(9-14)10-20(3)12(2)21/h4-9,11H,10H2,1-3H3,(H2,18,19,22). The van der Waals surface area contributed by atoms with Gasteiger partial charge in [0.1, 0.15) is 5.01 Å². The summed E-state index contributed by atoms with van der Waals surface area (Å²) >= 11 is 1.50. The van der Waals surface area contributed by atoms with Gasteiger partial charge in [0.25, 0.3) is 0 Å². The van der Waals surface area contributed by atoms with E-state index >= 15 is 0 Å². The Morgan fingerprint density at radius 3 is 2.83 bits per heavy atom. The normalized spacial score (nSPS) is 11.6. The second-order valence-electron chi connectivity index (χ2n) is 5.27. The van der Waals surface area contributed by atoms with Gasteiger partial charge in [-0.25, -0.2) is 9.78 Å². The third kappa shape index (κ3) is 5.07. The third-order valence-corrected chi connectivity index (χ3v) is 4.27. The molecule has 1 aromatic heterocycles. The van der Waals surface area contributed by atoms with Gasteiger partial charge in [-0.1, -0.05) is 12.1 Å². The van der Waals surface area contributed by atoms with Crippen molar-refractivity contribution >= 4 is 29.0 Å². The molecule has 0 radical (unpaired) electrons. The number of nitrogens with one attached hydrogen (secondary N) is 2. The Kier molecular flexibility index (Phi) is 5.70. The second-order valence-corrected chi connectivity index (χ2v) is 6.19. The molecule has 0 aliphatic heterocycles. The summed E-state index contributed by atoms with van der Waals surface area (Å²) in [6, 6.07) is 6.99. The summed E-state index contributed by atoms with van der Waals surface area (Å²) in [5.41, 5.74) is 1.64. The number of nitrogens with zero attached hydrogens (tertiary/aromatic N) is 2. The molecule has 0 bridgehead atoms. The first-order valence-electron chi connectivity index (χ1n) is 7.23. The fraction of sp³-hybridized carbons (Fsp3) is 0.312. The Morgan fingerprint density at radius 1 is 1.39 bits per heavy atom. The lowest BCUT2D eigenvalue weighted by molar-refractivity contribution is -0.128. The Balaban J connectivity index is 1.94. The number of rotatable bonds is 5. The molecule has 23 heavy (non-hydrogen) atoms. The number of amides is 3. The third-order valence-electron chi connectivity index (χ3n) is 3.31. The number of hydrogen-bond acceptors (Lipinski definition) is 4. The molecule has 2 aromatic rings. The molecular formula is C16H20N4O2S. The van der Waals surface area contributed by atoms with Crippen LogP contribution in [0.2, 0.25) is 0 Å². The van der Waals surface area contributed by atoms with Crippen LogP contribution in [0.1, 0.15) is 30.5 Å². The van der Waals surface area contributed by atoms with Gasteiger partial charge < -0.3 is 15.5 Å². The highest BCUT2D eigenvalue weighted by Crippen LogP contribution is 2.16. The maximum absolute atomic E-state index is 12.0. The minimum Gasteiger partial charge on any atom is -0.342 e. The average Bonchev–Trinajstić information content (AvgIpc) is 3.01. The lowest BCUT2D eigenvalue weighted by Gasteiger charge is -2.16. The summed E-state index contributed by atoms with van der Waals surface area (Å²) in [7, 11) is 1.74. The Hall–Kier alpha value is -2.41. The van der Waals surface area contributed by atoms with Gasteiger partial charge in [0.15, 0.2) is 0 Å². The highest BCUT2D eigenvalue weighted by Gasteiger charge is 2.12. The van der Waals surface area contributed by atoms with Gasteiger partial charge in [-0.05, 0) is 24.6 Å². The predicted octanol–water partition coefficient (Wildman–Crippen LogP) is 3.00. The van der Waals surface area contributed by atoms with E-state index in [1.807, 2.05) is 36.6 Å². The van der Waals surface area contributed by atoms with Crippen molar-refractivity contribution in [2.45, 2.75) is 26.4 Å². The number of carbonyl (C=O) groups is 2. The number of carbonyl (C=O) groups excluding carboxylic acids is 2. The zero-order chi connectivity index (χ0) is 16.8. The van der Waals surface area contributed by atoms with Crippen LogP contribution >= 0.6 is 11.3 Å². The van der Waals surface area contributed by atoms with E-state index in [1.165, 1.54) is 18.3 Å². The first kappa shape index (κ1) is 17.0. The van der Waals surface area contributed by atoms with Crippen molar-refractivity contribution in [1.29, 1.82) is 0 Å². The van der Waals surface area contributed by atoms with E-state index in [1.54, 1.807) is 18.1 Å². The summed E-state index contributed by atoms with van der Waals surface area (Å²) in [5, 5.41) is 8.38. The molecule has 1 atom stereocenters. The fourth-order valence-electron chi connectivity index (χ4n) is 2.01. The van der Waals surface area contributed by atoms with E-state index in [2.05, 4.69) is 15.6 Å². The van der Waals surface area contributed by atoms with Crippen molar-refractivity contribution in [2.24, 2.45) is 0 Å². The number of anilines is 1. The van der Waals surface area contributed by atoms with Crippen LogP contribution in [0, 0.1) is 0 Å². The van der Waals surface area contributed by atoms with Crippen molar-refractivity contribution in [3.05, 3.63) is 46.4 Å². The van der Waals surface area contributed by atoms with Crippen LogP contribution in [-0.2, 0) is 11.3 Å². The van der Waals surface area contributed by atoms with Gasteiger partial charge in [0.2, 0.25) is 5.91 Å². The number of thiazole rings is 1. The van der Waals surface area contributed by atoms with Crippen LogP contribution in [0.4, 0.5) is 10.5 Å². The molecule has 0 saturated carbocycles. The number of aromatic nitrogens is 1. The highest BCUT2D eigenvalue weighted by molar-refractivity contribution is 7.09. The topological polar surface area (TPSA) is 74.3 Å². The van der Waals surface area contributed by atoms with Gasteiger partial charge in [-0.15, -0.1) is 11.3 Å². The minimum atomic E-state index is -0.287. The van der Waals surface area contributed by atoms with Gasteiger partial charge >= 0.3 is 6.03 Å².